The van der Waals surface area contributed by atoms with E-state index in [1.54, 1.807) is 23.0 Å². The Kier molecular flexibility index (Phi) is 3.27. The summed E-state index contributed by atoms with van der Waals surface area (Å²) < 4.78 is 2.58. The Labute approximate surface area is 111 Å². The number of aryl methyl sites for hydroxylation is 1. The predicted molar refractivity (Wildman–Crippen MR) is 71.3 cm³/mol. The zero-order chi connectivity index (χ0) is 12.4. The third-order valence-electron chi connectivity index (χ3n) is 2.17. The normalized spacial score (nSPS) is 11.8. The number of rotatable bonds is 2. The van der Waals surface area contributed by atoms with E-state index in [1.165, 1.54) is 0 Å². The molecule has 0 fully saturated rings. The lowest BCUT2D eigenvalue weighted by Crippen LogP contribution is -2.18. The Bertz CT molecular complexity index is 578. The largest absolute Gasteiger partial charge is 0.409 e. The van der Waals surface area contributed by atoms with Crippen LogP contribution in [0.3, 0.4) is 0 Å². The van der Waals surface area contributed by atoms with Gasteiger partial charge in [-0.3, -0.25) is 0 Å². The Morgan fingerprint density at radius 3 is 2.88 bits per heavy atom. The molecule has 2 rings (SSSR count). The highest BCUT2D eigenvalue weighted by Gasteiger charge is 2.11. The minimum atomic E-state index is 0.0120. The molecule has 0 aliphatic carbocycles. The number of nitrogens with zero attached hydrogens (tertiary/aromatic N) is 4. The third-order valence-corrected chi connectivity index (χ3v) is 2.72. The van der Waals surface area contributed by atoms with E-state index < -0.39 is 0 Å². The van der Waals surface area contributed by atoms with Crippen molar-refractivity contribution in [2.45, 2.75) is 6.92 Å². The summed E-state index contributed by atoms with van der Waals surface area (Å²) >= 11 is 2.15. The minimum absolute atomic E-state index is 0.0120. The molecule has 0 aliphatic heterocycles. The Hall–Kier alpha value is -1.64. The van der Waals surface area contributed by atoms with Gasteiger partial charge in [0.1, 0.15) is 0 Å². The summed E-state index contributed by atoms with van der Waals surface area (Å²) in [6, 6.07) is 3.55. The van der Waals surface area contributed by atoms with Crippen LogP contribution in [-0.2, 0) is 0 Å². The van der Waals surface area contributed by atoms with Gasteiger partial charge in [0, 0.05) is 11.9 Å². The number of amidine groups is 1. The first-order chi connectivity index (χ1) is 8.11. The van der Waals surface area contributed by atoms with Gasteiger partial charge in [-0.2, -0.15) is 5.10 Å². The summed E-state index contributed by atoms with van der Waals surface area (Å²) in [6.07, 6.45) is 3.52. The van der Waals surface area contributed by atoms with Crippen LogP contribution in [0.5, 0.6) is 0 Å². The molecular weight excluding hydrogens is 333 g/mol. The van der Waals surface area contributed by atoms with E-state index in [2.05, 4.69) is 37.8 Å². The van der Waals surface area contributed by atoms with Gasteiger partial charge in [0.15, 0.2) is 11.7 Å². The third kappa shape index (κ3) is 2.38. The molecule has 0 saturated heterocycles. The van der Waals surface area contributed by atoms with Crippen molar-refractivity contribution in [2.75, 3.05) is 0 Å². The molecule has 0 radical (unpaired) electrons. The number of oxime groups is 1. The topological polar surface area (TPSA) is 89.3 Å². The second-order valence-electron chi connectivity index (χ2n) is 3.41. The predicted octanol–water partition coefficient (Wildman–Crippen LogP) is 1.27. The van der Waals surface area contributed by atoms with E-state index >= 15 is 0 Å². The number of nitrogens with two attached hydrogens (primary N) is 1. The van der Waals surface area contributed by atoms with E-state index in [0.29, 0.717) is 11.4 Å². The van der Waals surface area contributed by atoms with Gasteiger partial charge in [-0.05, 0) is 41.6 Å². The van der Waals surface area contributed by atoms with E-state index in [4.69, 9.17) is 10.9 Å². The average molecular weight is 343 g/mol. The molecule has 0 aliphatic rings. The summed E-state index contributed by atoms with van der Waals surface area (Å²) in [4.78, 5) is 4.35. The second-order valence-corrected chi connectivity index (χ2v) is 4.66. The van der Waals surface area contributed by atoms with E-state index in [0.717, 1.165) is 9.26 Å². The van der Waals surface area contributed by atoms with Gasteiger partial charge in [-0.1, -0.05) is 5.16 Å². The highest BCUT2D eigenvalue weighted by Crippen LogP contribution is 2.13. The molecule has 0 spiro atoms. The van der Waals surface area contributed by atoms with Gasteiger partial charge >= 0.3 is 0 Å². The monoisotopic (exact) mass is 343 g/mol. The lowest BCUT2D eigenvalue weighted by Gasteiger charge is -2.07. The zero-order valence-electron chi connectivity index (χ0n) is 9.00. The fourth-order valence-corrected chi connectivity index (χ4v) is 1.78. The van der Waals surface area contributed by atoms with Crippen molar-refractivity contribution in [3.8, 4) is 5.82 Å². The maximum Gasteiger partial charge on any atom is 0.173 e. The van der Waals surface area contributed by atoms with Gasteiger partial charge in [0.25, 0.3) is 0 Å². The van der Waals surface area contributed by atoms with Gasteiger partial charge in [-0.25, -0.2) is 9.67 Å². The number of hydrogen-bond acceptors (Lipinski definition) is 4. The summed E-state index contributed by atoms with van der Waals surface area (Å²) in [5.41, 5.74) is 6.98. The van der Waals surface area contributed by atoms with Crippen molar-refractivity contribution < 1.29 is 5.21 Å². The van der Waals surface area contributed by atoms with Gasteiger partial charge in [-0.15, -0.1) is 0 Å². The van der Waals surface area contributed by atoms with Crippen LogP contribution < -0.4 is 5.73 Å². The molecule has 0 bridgehead atoms. The maximum absolute atomic E-state index is 8.74. The summed E-state index contributed by atoms with van der Waals surface area (Å²) in [6.45, 7) is 1.87. The molecule has 0 aromatic carbocycles. The highest BCUT2D eigenvalue weighted by molar-refractivity contribution is 14.1. The second kappa shape index (κ2) is 4.70. The van der Waals surface area contributed by atoms with Crippen molar-refractivity contribution in [1.29, 1.82) is 0 Å². The van der Waals surface area contributed by atoms with Crippen LogP contribution >= 0.6 is 22.6 Å². The van der Waals surface area contributed by atoms with Crippen LogP contribution in [-0.4, -0.2) is 25.8 Å². The van der Waals surface area contributed by atoms with Crippen LogP contribution in [0, 0.1) is 10.5 Å². The molecule has 2 heterocycles. The summed E-state index contributed by atoms with van der Waals surface area (Å²) in [5.74, 6) is 0.557. The lowest BCUT2D eigenvalue weighted by molar-refractivity contribution is 0.318. The Morgan fingerprint density at radius 2 is 2.29 bits per heavy atom. The Balaban J connectivity index is 2.62. The molecule has 3 N–H and O–H groups in total. The van der Waals surface area contributed by atoms with Gasteiger partial charge < -0.3 is 10.9 Å². The molecule has 2 aromatic rings. The molecule has 2 aromatic heterocycles. The van der Waals surface area contributed by atoms with Crippen LogP contribution in [0.2, 0.25) is 0 Å². The molecule has 0 atom stereocenters. The molecule has 7 heteroatoms. The molecule has 0 saturated carbocycles. The highest BCUT2D eigenvalue weighted by atomic mass is 127. The fourth-order valence-electron chi connectivity index (χ4n) is 1.39. The molecule has 0 unspecified atom stereocenters. The number of aromatic nitrogens is 3. The van der Waals surface area contributed by atoms with Crippen molar-refractivity contribution in [3.05, 3.63) is 39.4 Å². The van der Waals surface area contributed by atoms with Crippen molar-refractivity contribution in [3.63, 3.8) is 0 Å². The maximum atomic E-state index is 8.74. The molecule has 0 amide bonds. The van der Waals surface area contributed by atoms with Crippen LogP contribution in [0.4, 0.5) is 0 Å². The minimum Gasteiger partial charge on any atom is -0.409 e. The van der Waals surface area contributed by atoms with E-state index in [9.17, 15) is 0 Å². The lowest BCUT2D eigenvalue weighted by atomic mass is 10.2. The first kappa shape index (κ1) is 11.8. The standard InChI is InChI=1S/C10H10IN5O/c1-6-2-3-8(9(12)15-17)10(14-6)16-5-7(11)4-13-16/h2-5,17H,1H3,(H2,12,15). The average Bonchev–Trinajstić information content (AvgIpc) is 2.75. The van der Waals surface area contributed by atoms with E-state index in [1.807, 2.05) is 13.1 Å². The molecule has 88 valence electrons. The van der Waals surface area contributed by atoms with Crippen molar-refractivity contribution >= 4 is 28.4 Å². The fraction of sp³-hybridized carbons (Fsp3) is 0.100. The number of halogens is 1. The summed E-state index contributed by atoms with van der Waals surface area (Å²) in [5, 5.41) is 15.9. The Morgan fingerprint density at radius 1 is 1.53 bits per heavy atom. The number of hydrogen-bond donors (Lipinski definition) is 2. The molecular formula is C10H10IN5O. The van der Waals surface area contributed by atoms with Crippen molar-refractivity contribution in [1.82, 2.24) is 14.8 Å². The van der Waals surface area contributed by atoms with Crippen LogP contribution in [0.15, 0.2) is 29.7 Å². The van der Waals surface area contributed by atoms with E-state index in [-0.39, 0.29) is 5.84 Å². The first-order valence-corrected chi connectivity index (χ1v) is 5.86. The SMILES string of the molecule is Cc1ccc(C(N)=NO)c(-n2cc(I)cn2)n1. The number of pyridine rings is 1. The van der Waals surface area contributed by atoms with Gasteiger partial charge in [0.2, 0.25) is 0 Å². The summed E-state index contributed by atoms with van der Waals surface area (Å²) in [7, 11) is 0. The van der Waals surface area contributed by atoms with Gasteiger partial charge in [0.05, 0.1) is 15.3 Å². The molecule has 6 nitrogen and oxygen atoms in total. The molecule has 17 heavy (non-hydrogen) atoms. The van der Waals surface area contributed by atoms with Crippen LogP contribution in [0.25, 0.3) is 5.82 Å². The smallest absolute Gasteiger partial charge is 0.173 e. The van der Waals surface area contributed by atoms with Crippen LogP contribution in [0.1, 0.15) is 11.3 Å². The van der Waals surface area contributed by atoms with Crippen molar-refractivity contribution in [2.24, 2.45) is 10.9 Å². The first-order valence-electron chi connectivity index (χ1n) is 4.78. The zero-order valence-corrected chi connectivity index (χ0v) is 11.2. The quantitative estimate of drug-likeness (QED) is 0.283.